The fraction of sp³-hybridized carbons (Fsp3) is 0.412. The maximum absolute atomic E-state index is 13.8. The largest absolute Gasteiger partial charge is 0.351 e. The molecular weight excluding hydrogens is 584 g/mol. The van der Waals surface area contributed by atoms with Crippen LogP contribution in [0.5, 0.6) is 0 Å². The molecule has 4 heterocycles. The number of nitrogens with one attached hydrogen (secondary N) is 2. The van der Waals surface area contributed by atoms with E-state index in [4.69, 9.17) is 0 Å². The minimum atomic E-state index is -0.314. The Morgan fingerprint density at radius 3 is 2.65 bits per heavy atom. The van der Waals surface area contributed by atoms with E-state index in [1.54, 1.807) is 20.5 Å². The van der Waals surface area contributed by atoms with Crippen molar-refractivity contribution in [1.82, 2.24) is 39.8 Å². The Morgan fingerprint density at radius 2 is 1.83 bits per heavy atom. The quantitative estimate of drug-likeness (QED) is 0.357. The van der Waals surface area contributed by atoms with Gasteiger partial charge in [-0.1, -0.05) is 30.3 Å². The molecule has 1 aliphatic heterocycles. The van der Waals surface area contributed by atoms with Gasteiger partial charge in [0.1, 0.15) is 11.3 Å². The van der Waals surface area contributed by atoms with Crippen molar-refractivity contribution >= 4 is 34.7 Å². The Bertz CT molecular complexity index is 1760. The Morgan fingerprint density at radius 1 is 1.00 bits per heavy atom. The van der Waals surface area contributed by atoms with Crippen LogP contribution in [0.1, 0.15) is 57.1 Å². The van der Waals surface area contributed by atoms with Crippen molar-refractivity contribution in [3.05, 3.63) is 82.9 Å². The molecule has 0 spiro atoms. The molecule has 0 saturated carbocycles. The third kappa shape index (κ3) is 6.80. The molecule has 1 aromatic carbocycles. The van der Waals surface area contributed by atoms with E-state index >= 15 is 0 Å². The summed E-state index contributed by atoms with van der Waals surface area (Å²) >= 11 is 0. The van der Waals surface area contributed by atoms with Crippen LogP contribution in [0.4, 0.5) is 0 Å². The maximum Gasteiger partial charge on any atom is 0.272 e. The maximum atomic E-state index is 13.8. The Balaban J connectivity index is 1.25. The van der Waals surface area contributed by atoms with Gasteiger partial charge in [-0.15, -0.1) is 0 Å². The average molecular weight is 625 g/mol. The van der Waals surface area contributed by atoms with Crippen molar-refractivity contribution < 1.29 is 19.2 Å². The molecule has 3 aromatic heterocycles. The molecule has 240 valence electrons. The van der Waals surface area contributed by atoms with Crippen LogP contribution in [-0.4, -0.2) is 91.5 Å². The lowest BCUT2D eigenvalue weighted by molar-refractivity contribution is -0.136. The van der Waals surface area contributed by atoms with E-state index in [2.05, 4.69) is 20.7 Å². The van der Waals surface area contributed by atoms with Crippen LogP contribution < -0.4 is 10.6 Å². The molecule has 2 aliphatic rings. The Kier molecular flexibility index (Phi) is 9.13. The van der Waals surface area contributed by atoms with Crippen molar-refractivity contribution in [1.29, 1.82) is 0 Å². The van der Waals surface area contributed by atoms with Gasteiger partial charge in [0.2, 0.25) is 11.8 Å². The van der Waals surface area contributed by atoms with Crippen LogP contribution in [0, 0.1) is 0 Å². The normalized spacial score (nSPS) is 18.3. The van der Waals surface area contributed by atoms with Gasteiger partial charge in [-0.05, 0) is 55.9 Å². The Hall–Kier alpha value is -5.00. The summed E-state index contributed by atoms with van der Waals surface area (Å²) in [5.74, 6) is -0.958. The molecule has 0 fully saturated rings. The number of benzene rings is 1. The monoisotopic (exact) mass is 624 g/mol. The third-order valence-electron chi connectivity index (χ3n) is 8.94. The molecule has 0 radical (unpaired) electrons. The highest BCUT2D eigenvalue weighted by molar-refractivity contribution is 5.95. The van der Waals surface area contributed by atoms with E-state index in [0.717, 1.165) is 28.6 Å². The molecule has 1 atom stereocenters. The number of carbonyl (C=O) groups is 4. The van der Waals surface area contributed by atoms with Gasteiger partial charge in [0, 0.05) is 75.6 Å². The van der Waals surface area contributed by atoms with E-state index in [9.17, 15) is 19.2 Å². The number of pyridine rings is 1. The molecule has 46 heavy (non-hydrogen) atoms. The Labute approximate surface area is 267 Å². The van der Waals surface area contributed by atoms with Gasteiger partial charge in [0.25, 0.3) is 11.8 Å². The van der Waals surface area contributed by atoms with Gasteiger partial charge in [-0.3, -0.25) is 23.9 Å². The number of carbonyl (C=O) groups excluding carboxylic acids is 4. The number of aromatic nitrogens is 4. The van der Waals surface area contributed by atoms with Crippen molar-refractivity contribution in [3.8, 4) is 0 Å². The van der Waals surface area contributed by atoms with Crippen molar-refractivity contribution in [3.63, 3.8) is 0 Å². The van der Waals surface area contributed by atoms with E-state index in [-0.39, 0.29) is 62.3 Å². The van der Waals surface area contributed by atoms with Gasteiger partial charge >= 0.3 is 0 Å². The van der Waals surface area contributed by atoms with Gasteiger partial charge < -0.3 is 25.0 Å². The van der Waals surface area contributed by atoms with E-state index < -0.39 is 0 Å². The average Bonchev–Trinajstić information content (AvgIpc) is 3.60. The summed E-state index contributed by atoms with van der Waals surface area (Å²) in [5, 5.41) is 11.5. The summed E-state index contributed by atoms with van der Waals surface area (Å²) in [7, 11) is 3.70. The molecule has 12 nitrogen and oxygen atoms in total. The van der Waals surface area contributed by atoms with E-state index in [0.29, 0.717) is 49.3 Å². The SMILES string of the molecule is Cn1nc2c3c1CCC(C3)NC(=O)CN(CCc1ccccc1)C(=O)CCCN(C(=O)c1ccc3ccn(C)c3n1)CCNC2=O. The van der Waals surface area contributed by atoms with E-state index in [1.165, 1.54) is 0 Å². The number of rotatable bonds is 4. The molecule has 1 aliphatic carbocycles. The first kappa shape index (κ1) is 31.0. The zero-order valence-electron chi connectivity index (χ0n) is 26.4. The highest BCUT2D eigenvalue weighted by atomic mass is 16.2. The van der Waals surface area contributed by atoms with Crippen LogP contribution in [0.3, 0.4) is 0 Å². The number of hydrogen-bond acceptors (Lipinski definition) is 6. The van der Waals surface area contributed by atoms with Crippen molar-refractivity contribution in [2.45, 2.75) is 44.6 Å². The number of hydrogen-bond donors (Lipinski definition) is 2. The summed E-state index contributed by atoms with van der Waals surface area (Å²) < 4.78 is 3.60. The zero-order valence-corrected chi connectivity index (χ0v) is 26.4. The van der Waals surface area contributed by atoms with Crippen LogP contribution >= 0.6 is 0 Å². The minimum Gasteiger partial charge on any atom is -0.351 e. The first-order valence-electron chi connectivity index (χ1n) is 15.9. The second-order valence-corrected chi connectivity index (χ2v) is 12.1. The lowest BCUT2D eigenvalue weighted by Crippen LogP contribution is -2.46. The van der Waals surface area contributed by atoms with Gasteiger partial charge in [0.05, 0.1) is 6.54 Å². The first-order chi connectivity index (χ1) is 22.3. The second kappa shape index (κ2) is 13.6. The minimum absolute atomic E-state index is 0.0569. The van der Waals surface area contributed by atoms with Crippen LogP contribution in [0.25, 0.3) is 11.0 Å². The van der Waals surface area contributed by atoms with Gasteiger partial charge in [0.15, 0.2) is 5.69 Å². The summed E-state index contributed by atoms with van der Waals surface area (Å²) in [5.41, 5.74) is 4.22. The molecule has 2 bridgehead atoms. The zero-order chi connectivity index (χ0) is 32.2. The van der Waals surface area contributed by atoms with Crippen LogP contribution in [0.2, 0.25) is 0 Å². The standard InChI is InChI=1S/C34H40N8O4/c1-39-18-15-24-10-12-27(37-32(24)39)34(46)41-17-6-9-30(44)42(19-14-23-7-4-3-5-8-23)22-29(43)36-25-11-13-28-26(21-25)31(38-40(28)2)33(45)35-16-20-41/h3-5,7-8,10,12,15,18,25H,6,9,11,13-14,16-17,19-22H2,1-2H3,(H,35,45)(H,36,43). The molecule has 4 aromatic rings. The molecule has 6 rings (SSSR count). The first-order valence-corrected chi connectivity index (χ1v) is 15.9. The molecular formula is C34H40N8O4. The van der Waals surface area contributed by atoms with Crippen LogP contribution in [0.15, 0.2) is 54.7 Å². The van der Waals surface area contributed by atoms with Crippen molar-refractivity contribution in [2.24, 2.45) is 14.1 Å². The molecule has 0 saturated heterocycles. The highest BCUT2D eigenvalue weighted by Gasteiger charge is 2.30. The third-order valence-corrected chi connectivity index (χ3v) is 8.94. The van der Waals surface area contributed by atoms with Crippen LogP contribution in [-0.2, 0) is 42.9 Å². The lowest BCUT2D eigenvalue weighted by Gasteiger charge is -2.27. The smallest absolute Gasteiger partial charge is 0.272 e. The number of nitrogens with zero attached hydrogens (tertiary/aromatic N) is 6. The summed E-state index contributed by atoms with van der Waals surface area (Å²) in [4.78, 5) is 61.8. The summed E-state index contributed by atoms with van der Waals surface area (Å²) in [6.45, 7) is 1.08. The number of aryl methyl sites for hydroxylation is 2. The lowest BCUT2D eigenvalue weighted by atomic mass is 9.91. The van der Waals surface area contributed by atoms with Gasteiger partial charge in [-0.2, -0.15) is 5.10 Å². The van der Waals surface area contributed by atoms with E-state index in [1.807, 2.05) is 67.3 Å². The molecule has 4 amide bonds. The summed E-state index contributed by atoms with van der Waals surface area (Å²) in [6.07, 6.45) is 4.96. The fourth-order valence-electron chi connectivity index (χ4n) is 6.44. The summed E-state index contributed by atoms with van der Waals surface area (Å²) in [6, 6.07) is 15.2. The fourth-order valence-corrected chi connectivity index (χ4v) is 6.44. The molecule has 2 N–H and O–H groups in total. The molecule has 1 unspecified atom stereocenters. The predicted molar refractivity (Wildman–Crippen MR) is 172 cm³/mol. The number of fused-ring (bicyclic) bond motifs is 2. The van der Waals surface area contributed by atoms with Gasteiger partial charge in [-0.25, -0.2) is 4.98 Å². The molecule has 12 heteroatoms. The highest BCUT2D eigenvalue weighted by Crippen LogP contribution is 2.25. The second-order valence-electron chi connectivity index (χ2n) is 12.1. The van der Waals surface area contributed by atoms with Crippen molar-refractivity contribution in [2.75, 3.05) is 32.7 Å². The predicted octanol–water partition coefficient (Wildman–Crippen LogP) is 2.02. The number of amides is 4. The topological polar surface area (TPSA) is 134 Å².